The smallest absolute Gasteiger partial charge is 0.128 e. The van der Waals surface area contributed by atoms with E-state index >= 15 is 0 Å². The maximum Gasteiger partial charge on any atom is 0.128 e. The number of hydrogen-bond donors (Lipinski definition) is 1. The van der Waals surface area contributed by atoms with Gasteiger partial charge in [-0.1, -0.05) is 28.9 Å². The van der Waals surface area contributed by atoms with Gasteiger partial charge < -0.3 is 5.32 Å². The van der Waals surface area contributed by atoms with E-state index in [4.69, 9.17) is 0 Å². The average Bonchev–Trinajstić information content (AvgIpc) is 2.46. The number of rotatable bonds is 5. The number of aryl methyl sites for hydroxylation is 1. The summed E-state index contributed by atoms with van der Waals surface area (Å²) in [4.78, 5) is 0. The van der Waals surface area contributed by atoms with Crippen LogP contribution in [0.3, 0.4) is 0 Å². The first kappa shape index (κ1) is 16.1. The Balaban J connectivity index is 2.52. The van der Waals surface area contributed by atoms with Gasteiger partial charge in [-0.15, -0.1) is 0 Å². The van der Waals surface area contributed by atoms with Crippen molar-refractivity contribution in [2.45, 2.75) is 26.3 Å². The molecule has 1 atom stereocenters. The van der Waals surface area contributed by atoms with Gasteiger partial charge in [-0.2, -0.15) is 0 Å². The molecule has 0 radical (unpaired) electrons. The quantitative estimate of drug-likeness (QED) is 0.785. The predicted octanol–water partition coefficient (Wildman–Crippen LogP) is 5.12. The van der Waals surface area contributed by atoms with Crippen LogP contribution in [-0.2, 0) is 0 Å². The van der Waals surface area contributed by atoms with Crippen molar-refractivity contribution in [2.75, 3.05) is 6.54 Å². The lowest BCUT2D eigenvalue weighted by Crippen LogP contribution is -2.25. The van der Waals surface area contributed by atoms with Crippen LogP contribution in [0, 0.1) is 18.6 Å². The van der Waals surface area contributed by atoms with E-state index in [1.807, 2.05) is 32.0 Å². The minimum Gasteiger partial charge on any atom is -0.306 e. The summed E-state index contributed by atoms with van der Waals surface area (Å²) in [5, 5.41) is 3.31. The molecule has 4 heteroatoms. The lowest BCUT2D eigenvalue weighted by Gasteiger charge is -2.22. The fourth-order valence-electron chi connectivity index (χ4n) is 2.33. The number of benzene rings is 2. The Morgan fingerprint density at radius 3 is 2.57 bits per heavy atom. The van der Waals surface area contributed by atoms with E-state index in [2.05, 4.69) is 21.2 Å². The zero-order chi connectivity index (χ0) is 15.4. The van der Waals surface area contributed by atoms with Gasteiger partial charge in [0.05, 0.1) is 6.04 Å². The monoisotopic (exact) mass is 353 g/mol. The van der Waals surface area contributed by atoms with Crippen molar-refractivity contribution in [3.8, 4) is 0 Å². The van der Waals surface area contributed by atoms with E-state index in [1.165, 1.54) is 12.1 Å². The van der Waals surface area contributed by atoms with Gasteiger partial charge in [-0.05, 0) is 61.3 Å². The molecule has 0 amide bonds. The van der Waals surface area contributed by atoms with Crippen molar-refractivity contribution in [1.82, 2.24) is 5.32 Å². The molecule has 0 aliphatic heterocycles. The van der Waals surface area contributed by atoms with Crippen molar-refractivity contribution in [3.05, 3.63) is 69.2 Å². The summed E-state index contributed by atoms with van der Waals surface area (Å²) in [5.74, 6) is -0.827. The van der Waals surface area contributed by atoms with Crippen LogP contribution >= 0.6 is 15.9 Å². The third-order valence-electron chi connectivity index (χ3n) is 3.42. The Hall–Kier alpha value is -1.26. The highest BCUT2D eigenvalue weighted by Crippen LogP contribution is 2.29. The minimum atomic E-state index is -0.428. The van der Waals surface area contributed by atoms with E-state index in [0.717, 1.165) is 34.6 Å². The molecular formula is C17H18BrF2N. The predicted molar refractivity (Wildman–Crippen MR) is 85.4 cm³/mol. The maximum absolute atomic E-state index is 14.1. The van der Waals surface area contributed by atoms with Gasteiger partial charge in [0.1, 0.15) is 11.6 Å². The second kappa shape index (κ2) is 7.14. The summed E-state index contributed by atoms with van der Waals surface area (Å²) < 4.78 is 28.6. The fourth-order valence-corrected chi connectivity index (χ4v) is 2.71. The molecule has 0 aliphatic carbocycles. The highest BCUT2D eigenvalue weighted by molar-refractivity contribution is 9.10. The van der Waals surface area contributed by atoms with Gasteiger partial charge in [0.25, 0.3) is 0 Å². The lowest BCUT2D eigenvalue weighted by atomic mass is 9.94. The third kappa shape index (κ3) is 3.89. The molecule has 1 unspecified atom stereocenters. The average molecular weight is 354 g/mol. The largest absolute Gasteiger partial charge is 0.306 e. The van der Waals surface area contributed by atoms with E-state index in [-0.39, 0.29) is 6.04 Å². The van der Waals surface area contributed by atoms with Crippen LogP contribution in [0.4, 0.5) is 8.78 Å². The molecule has 0 fully saturated rings. The number of nitrogens with one attached hydrogen (secondary N) is 1. The van der Waals surface area contributed by atoms with Gasteiger partial charge in [-0.3, -0.25) is 0 Å². The fraction of sp³-hybridized carbons (Fsp3) is 0.294. The molecular weight excluding hydrogens is 336 g/mol. The Bertz CT molecular complexity index is 577. The van der Waals surface area contributed by atoms with Crippen molar-refractivity contribution in [3.63, 3.8) is 0 Å². The summed E-state index contributed by atoms with van der Waals surface area (Å²) in [6, 6.07) is 9.09. The zero-order valence-electron chi connectivity index (χ0n) is 12.1. The molecule has 1 N–H and O–H groups in total. The molecule has 1 nitrogen and oxygen atoms in total. The topological polar surface area (TPSA) is 12.0 Å². The van der Waals surface area contributed by atoms with E-state index < -0.39 is 11.6 Å². The highest BCUT2D eigenvalue weighted by Gasteiger charge is 2.20. The summed E-state index contributed by atoms with van der Waals surface area (Å²) in [6.45, 7) is 4.74. The highest BCUT2D eigenvalue weighted by atomic mass is 79.9. The molecule has 2 rings (SSSR count). The zero-order valence-corrected chi connectivity index (χ0v) is 13.7. The van der Waals surface area contributed by atoms with Crippen LogP contribution in [0.5, 0.6) is 0 Å². The van der Waals surface area contributed by atoms with Crippen LogP contribution in [0.2, 0.25) is 0 Å². The molecule has 0 bridgehead atoms. The minimum absolute atomic E-state index is 0.338. The third-order valence-corrected chi connectivity index (χ3v) is 3.91. The van der Waals surface area contributed by atoms with Gasteiger partial charge >= 0.3 is 0 Å². The van der Waals surface area contributed by atoms with Gasteiger partial charge in [0, 0.05) is 10.0 Å². The van der Waals surface area contributed by atoms with Gasteiger partial charge in [0.2, 0.25) is 0 Å². The Labute approximate surface area is 132 Å². The Kier molecular flexibility index (Phi) is 5.48. The maximum atomic E-state index is 14.1. The summed E-state index contributed by atoms with van der Waals surface area (Å²) in [5.41, 5.74) is 2.32. The van der Waals surface area contributed by atoms with Crippen LogP contribution < -0.4 is 5.32 Å². The Morgan fingerprint density at radius 1 is 1.10 bits per heavy atom. The van der Waals surface area contributed by atoms with Crippen LogP contribution in [-0.4, -0.2) is 6.54 Å². The molecule has 0 aromatic heterocycles. The first-order chi connectivity index (χ1) is 10.0. The number of hydrogen-bond acceptors (Lipinski definition) is 1. The summed E-state index contributed by atoms with van der Waals surface area (Å²) in [6.07, 6.45) is 0.917. The van der Waals surface area contributed by atoms with E-state index in [9.17, 15) is 8.78 Å². The van der Waals surface area contributed by atoms with Crippen molar-refractivity contribution in [1.29, 1.82) is 0 Å². The van der Waals surface area contributed by atoms with E-state index in [1.54, 1.807) is 0 Å². The summed E-state index contributed by atoms with van der Waals surface area (Å²) >= 11 is 3.44. The molecule has 21 heavy (non-hydrogen) atoms. The molecule has 0 spiro atoms. The standard InChI is InChI=1S/C17H18BrF2N/c1-3-8-21-17(14-9-12(18)5-4-11(14)2)15-10-13(19)6-7-16(15)20/h4-7,9-10,17,21H,3,8H2,1-2H3. The van der Waals surface area contributed by atoms with Crippen molar-refractivity contribution in [2.24, 2.45) is 0 Å². The molecule has 0 aliphatic rings. The normalized spacial score (nSPS) is 12.4. The van der Waals surface area contributed by atoms with Crippen LogP contribution in [0.15, 0.2) is 40.9 Å². The van der Waals surface area contributed by atoms with Gasteiger partial charge in [0.15, 0.2) is 0 Å². The van der Waals surface area contributed by atoms with Gasteiger partial charge in [-0.25, -0.2) is 8.78 Å². The summed E-state index contributed by atoms with van der Waals surface area (Å²) in [7, 11) is 0. The molecule has 0 saturated carbocycles. The van der Waals surface area contributed by atoms with Crippen molar-refractivity contribution < 1.29 is 8.78 Å². The molecule has 0 heterocycles. The molecule has 0 saturated heterocycles. The molecule has 2 aromatic rings. The second-order valence-corrected chi connectivity index (χ2v) is 5.97. The first-order valence-electron chi connectivity index (χ1n) is 6.97. The van der Waals surface area contributed by atoms with Crippen LogP contribution in [0.25, 0.3) is 0 Å². The Morgan fingerprint density at radius 2 is 1.86 bits per heavy atom. The SMILES string of the molecule is CCCNC(c1cc(Br)ccc1C)c1cc(F)ccc1F. The second-order valence-electron chi connectivity index (χ2n) is 5.05. The van der Waals surface area contributed by atoms with Crippen molar-refractivity contribution >= 4 is 15.9 Å². The lowest BCUT2D eigenvalue weighted by molar-refractivity contribution is 0.534. The van der Waals surface area contributed by atoms with Crippen LogP contribution in [0.1, 0.15) is 36.1 Å². The number of halogens is 3. The molecule has 2 aromatic carbocycles. The first-order valence-corrected chi connectivity index (χ1v) is 7.76. The van der Waals surface area contributed by atoms with E-state index in [0.29, 0.717) is 5.56 Å². The molecule has 112 valence electrons.